The molecule has 0 saturated carbocycles. The first kappa shape index (κ1) is 17.0. The number of rotatable bonds is 2. The van der Waals surface area contributed by atoms with Gasteiger partial charge in [-0.05, 0) is 0 Å². The summed E-state index contributed by atoms with van der Waals surface area (Å²) >= 11 is 7.18. The van der Waals surface area contributed by atoms with Crippen molar-refractivity contribution < 1.29 is 4.52 Å². The molecular formula is C26H18ClOP. The van der Waals surface area contributed by atoms with Crippen LogP contribution in [0.5, 0.6) is 5.75 Å². The van der Waals surface area contributed by atoms with Crippen LogP contribution in [0, 0.1) is 0 Å². The molecule has 0 aromatic heterocycles. The summed E-state index contributed by atoms with van der Waals surface area (Å²) in [4.78, 5) is 0. The third-order valence-corrected chi connectivity index (χ3v) is 12.4. The van der Waals surface area contributed by atoms with Gasteiger partial charge in [0.15, 0.2) is 0 Å². The molecule has 2 heterocycles. The number of para-hydroxylation sites is 1. The van der Waals surface area contributed by atoms with Gasteiger partial charge in [-0.1, -0.05) is 0 Å². The van der Waals surface area contributed by atoms with Crippen molar-refractivity contribution in [1.29, 1.82) is 0 Å². The maximum atomic E-state index is 7.26. The summed E-state index contributed by atoms with van der Waals surface area (Å²) < 4.78 is 7.26. The zero-order valence-electron chi connectivity index (χ0n) is 15.6. The van der Waals surface area contributed by atoms with Crippen molar-refractivity contribution in [2.45, 2.75) is 0 Å². The number of benzene rings is 4. The molecule has 0 unspecified atom stereocenters. The molecule has 6 rings (SSSR count). The summed E-state index contributed by atoms with van der Waals surface area (Å²) in [7, 11) is 0. The molecule has 4 aromatic carbocycles. The van der Waals surface area contributed by atoms with Crippen LogP contribution in [0.1, 0.15) is 11.1 Å². The molecule has 4 aromatic rings. The predicted octanol–water partition coefficient (Wildman–Crippen LogP) is 5.90. The van der Waals surface area contributed by atoms with Gasteiger partial charge < -0.3 is 0 Å². The van der Waals surface area contributed by atoms with Crippen LogP contribution >= 0.6 is 18.4 Å². The van der Waals surface area contributed by atoms with Gasteiger partial charge in [0.2, 0.25) is 0 Å². The van der Waals surface area contributed by atoms with Crippen LogP contribution in [0.2, 0.25) is 0 Å². The van der Waals surface area contributed by atoms with Gasteiger partial charge in [-0.3, -0.25) is 0 Å². The quantitative estimate of drug-likeness (QED) is 0.372. The maximum absolute atomic E-state index is 7.26. The minimum atomic E-state index is -3.46. The van der Waals surface area contributed by atoms with Gasteiger partial charge in [-0.2, -0.15) is 0 Å². The fourth-order valence-electron chi connectivity index (χ4n) is 5.06. The van der Waals surface area contributed by atoms with Crippen LogP contribution in [0.15, 0.2) is 109 Å². The Hall–Kier alpha value is -2.86. The summed E-state index contributed by atoms with van der Waals surface area (Å²) in [5, 5.41) is 5.48. The topological polar surface area (TPSA) is 9.23 Å². The van der Waals surface area contributed by atoms with E-state index in [1.54, 1.807) is 0 Å². The molecule has 2 aliphatic rings. The van der Waals surface area contributed by atoms with Gasteiger partial charge >= 0.3 is 175 Å². The van der Waals surface area contributed by atoms with E-state index in [2.05, 4.69) is 103 Å². The van der Waals surface area contributed by atoms with Crippen LogP contribution in [0.3, 0.4) is 0 Å². The van der Waals surface area contributed by atoms with Gasteiger partial charge in [0.05, 0.1) is 0 Å². The van der Waals surface area contributed by atoms with E-state index < -0.39 is 6.83 Å². The molecule has 0 aliphatic carbocycles. The van der Waals surface area contributed by atoms with Crippen molar-refractivity contribution in [3.8, 4) is 5.75 Å². The van der Waals surface area contributed by atoms with Crippen LogP contribution in [0.4, 0.5) is 0 Å². The van der Waals surface area contributed by atoms with Crippen molar-refractivity contribution >= 4 is 44.7 Å². The Morgan fingerprint density at radius 2 is 1.07 bits per heavy atom. The average molecular weight is 413 g/mol. The zero-order valence-corrected chi connectivity index (χ0v) is 17.3. The molecule has 29 heavy (non-hydrogen) atoms. The molecule has 1 nitrogen and oxygen atoms in total. The Bertz CT molecular complexity index is 1260. The summed E-state index contributed by atoms with van der Waals surface area (Å²) in [6.45, 7) is -3.46. The number of hydrogen-bond acceptors (Lipinski definition) is 1. The molecule has 0 fully saturated rings. The standard InChI is InChI=1S/C26H18ClOP/c27-25-22-16-8-10-18-24(22)29(19-11-3-1-4-12-19,20-13-5-2-6-14-20)26(25)21-15-7-9-17-23(21)28-29/h1-18H. The Balaban J connectivity index is 1.91. The molecule has 2 aliphatic heterocycles. The van der Waals surface area contributed by atoms with Crippen molar-refractivity contribution in [3.05, 3.63) is 120 Å². The van der Waals surface area contributed by atoms with Gasteiger partial charge in [0.1, 0.15) is 0 Å². The fourth-order valence-corrected chi connectivity index (χ4v) is 12.1. The van der Waals surface area contributed by atoms with Crippen LogP contribution in [0.25, 0.3) is 10.3 Å². The van der Waals surface area contributed by atoms with E-state index in [0.717, 1.165) is 27.2 Å². The van der Waals surface area contributed by atoms with Gasteiger partial charge in [-0.15, -0.1) is 0 Å². The fraction of sp³-hybridized carbons (Fsp3) is 0. The van der Waals surface area contributed by atoms with E-state index in [1.165, 1.54) is 15.9 Å². The SMILES string of the molecule is ClC1=C2c3ccccc3OP2(c2ccccc2)(c2ccccc2)c2ccccc21. The number of halogens is 1. The molecule has 0 spiro atoms. The monoisotopic (exact) mass is 412 g/mol. The second-order valence-corrected chi connectivity index (χ2v) is 12.1. The van der Waals surface area contributed by atoms with Gasteiger partial charge in [0, 0.05) is 0 Å². The summed E-state index contributed by atoms with van der Waals surface area (Å²) in [5.74, 6) is 0.903. The molecular weight excluding hydrogens is 395 g/mol. The molecule has 0 saturated heterocycles. The van der Waals surface area contributed by atoms with Gasteiger partial charge in [0.25, 0.3) is 0 Å². The number of fused-ring (bicyclic) bond motifs is 5. The van der Waals surface area contributed by atoms with Crippen molar-refractivity contribution in [3.63, 3.8) is 0 Å². The molecule has 0 atom stereocenters. The third kappa shape index (κ3) is 1.86. The van der Waals surface area contributed by atoms with E-state index in [4.69, 9.17) is 16.1 Å². The molecule has 3 heteroatoms. The minimum absolute atomic E-state index is 0.802. The van der Waals surface area contributed by atoms with E-state index in [0.29, 0.717) is 0 Å². The Kier molecular flexibility index (Phi) is 3.42. The first-order valence-electron chi connectivity index (χ1n) is 9.70. The normalized spacial score (nSPS) is 18.7. The van der Waals surface area contributed by atoms with Crippen LogP contribution < -0.4 is 20.4 Å². The van der Waals surface area contributed by atoms with E-state index in [1.807, 2.05) is 6.07 Å². The van der Waals surface area contributed by atoms with E-state index in [9.17, 15) is 0 Å². The Morgan fingerprint density at radius 1 is 0.552 bits per heavy atom. The Labute approximate surface area is 175 Å². The molecule has 0 radical (unpaired) electrons. The second kappa shape index (κ2) is 5.83. The molecule has 0 amide bonds. The second-order valence-electron chi connectivity index (χ2n) is 7.47. The third-order valence-electron chi connectivity index (χ3n) is 6.16. The molecule has 140 valence electrons. The average Bonchev–Trinajstić information content (AvgIpc) is 3.24. The zero-order chi connectivity index (χ0) is 19.5. The summed E-state index contributed by atoms with van der Waals surface area (Å²) in [6, 6.07) is 38.1. The van der Waals surface area contributed by atoms with Gasteiger partial charge in [-0.25, -0.2) is 0 Å². The van der Waals surface area contributed by atoms with Crippen LogP contribution in [-0.4, -0.2) is 0 Å². The van der Waals surface area contributed by atoms with Crippen LogP contribution in [-0.2, 0) is 0 Å². The molecule has 0 bridgehead atoms. The predicted molar refractivity (Wildman–Crippen MR) is 125 cm³/mol. The van der Waals surface area contributed by atoms with Crippen molar-refractivity contribution in [1.82, 2.24) is 0 Å². The first-order valence-corrected chi connectivity index (χ1v) is 12.2. The number of hydrogen-bond donors (Lipinski definition) is 0. The molecule has 0 N–H and O–H groups in total. The van der Waals surface area contributed by atoms with E-state index >= 15 is 0 Å². The van der Waals surface area contributed by atoms with Crippen molar-refractivity contribution in [2.75, 3.05) is 0 Å². The summed E-state index contributed by atoms with van der Waals surface area (Å²) in [5.41, 5.74) is 2.17. The van der Waals surface area contributed by atoms with Crippen molar-refractivity contribution in [2.24, 2.45) is 0 Å². The van der Waals surface area contributed by atoms with E-state index in [-0.39, 0.29) is 0 Å². The Morgan fingerprint density at radius 3 is 1.72 bits per heavy atom. The first-order chi connectivity index (χ1) is 14.3. The summed E-state index contributed by atoms with van der Waals surface area (Å²) in [6.07, 6.45) is 0.